The topological polar surface area (TPSA) is 29.9 Å². The third-order valence-corrected chi connectivity index (χ3v) is 4.83. The van der Waals surface area contributed by atoms with Gasteiger partial charge < -0.3 is 5.32 Å². The number of nitrogens with zero attached hydrogens (tertiary/aromatic N) is 2. The summed E-state index contributed by atoms with van der Waals surface area (Å²) in [5.74, 6) is 1.04. The summed E-state index contributed by atoms with van der Waals surface area (Å²) in [6.45, 7) is 3.02. The monoisotopic (exact) mass is 343 g/mol. The number of halogens is 2. The van der Waals surface area contributed by atoms with Crippen LogP contribution in [-0.4, -0.2) is 16.3 Å². The van der Waals surface area contributed by atoms with Gasteiger partial charge in [0.25, 0.3) is 0 Å². The average Bonchev–Trinajstić information content (AvgIpc) is 3.12. The number of fused-ring (bicyclic) bond motifs is 1. The molecule has 116 valence electrons. The zero-order valence-electron chi connectivity index (χ0n) is 12.6. The second-order valence-corrected chi connectivity index (χ2v) is 6.55. The maximum Gasteiger partial charge on any atom is 0.133 e. The Labute approximate surface area is 144 Å². The molecule has 5 heteroatoms. The van der Waals surface area contributed by atoms with Crippen LogP contribution < -0.4 is 5.32 Å². The number of rotatable bonds is 2. The van der Waals surface area contributed by atoms with E-state index in [2.05, 4.69) is 36.5 Å². The Bertz CT molecular complexity index is 899. The average molecular weight is 344 g/mol. The minimum atomic E-state index is 0.531. The Morgan fingerprint density at radius 3 is 2.74 bits per heavy atom. The highest BCUT2D eigenvalue weighted by atomic mass is 35.5. The molecule has 0 amide bonds. The van der Waals surface area contributed by atoms with Crippen molar-refractivity contribution in [2.24, 2.45) is 0 Å². The van der Waals surface area contributed by atoms with E-state index >= 15 is 0 Å². The van der Waals surface area contributed by atoms with E-state index in [4.69, 9.17) is 28.3 Å². The van der Waals surface area contributed by atoms with Gasteiger partial charge >= 0.3 is 0 Å². The van der Waals surface area contributed by atoms with Gasteiger partial charge in [-0.25, -0.2) is 4.68 Å². The third-order valence-electron chi connectivity index (χ3n) is 4.09. The highest BCUT2D eigenvalue weighted by molar-refractivity contribution is 6.42. The molecule has 23 heavy (non-hydrogen) atoms. The largest absolute Gasteiger partial charge is 0.369 e. The fraction of sp³-hybridized carbons (Fsp3) is 0.167. The number of aryl methyl sites for hydroxylation is 1. The summed E-state index contributed by atoms with van der Waals surface area (Å²) >= 11 is 12.2. The van der Waals surface area contributed by atoms with Gasteiger partial charge in [0.2, 0.25) is 0 Å². The van der Waals surface area contributed by atoms with Gasteiger partial charge in [0.05, 0.1) is 21.4 Å². The van der Waals surface area contributed by atoms with Crippen LogP contribution in [-0.2, 0) is 6.42 Å². The second-order valence-electron chi connectivity index (χ2n) is 5.73. The lowest BCUT2D eigenvalue weighted by Crippen LogP contribution is -2.04. The molecule has 4 rings (SSSR count). The molecule has 0 spiro atoms. The van der Waals surface area contributed by atoms with Crippen molar-refractivity contribution in [3.63, 3.8) is 0 Å². The highest BCUT2D eigenvalue weighted by Crippen LogP contribution is 2.35. The molecule has 0 aliphatic carbocycles. The summed E-state index contributed by atoms with van der Waals surface area (Å²) in [6.07, 6.45) is 0.972. The van der Waals surface area contributed by atoms with Crippen LogP contribution in [0.15, 0.2) is 42.5 Å². The van der Waals surface area contributed by atoms with Gasteiger partial charge in [0.1, 0.15) is 5.82 Å². The molecule has 1 aromatic heterocycles. The van der Waals surface area contributed by atoms with Gasteiger partial charge in [-0.2, -0.15) is 5.10 Å². The van der Waals surface area contributed by atoms with Crippen molar-refractivity contribution in [2.75, 3.05) is 11.9 Å². The molecular weight excluding hydrogens is 329 g/mol. The Morgan fingerprint density at radius 1 is 1.09 bits per heavy atom. The molecule has 0 atom stereocenters. The fourth-order valence-electron chi connectivity index (χ4n) is 3.00. The highest BCUT2D eigenvalue weighted by Gasteiger charge is 2.24. The first-order valence-corrected chi connectivity index (χ1v) is 8.27. The summed E-state index contributed by atoms with van der Waals surface area (Å²) in [5.41, 5.74) is 5.56. The van der Waals surface area contributed by atoms with E-state index in [1.807, 2.05) is 16.8 Å². The maximum absolute atomic E-state index is 6.17. The molecule has 1 aliphatic heterocycles. The molecule has 0 radical (unpaired) electrons. The van der Waals surface area contributed by atoms with Crippen LogP contribution in [0.3, 0.4) is 0 Å². The standard InChI is InChI=1S/C18H15Cl2N3/c1-11-3-2-4-12(9-11)17-14-7-8-21-18(14)23(22-17)13-5-6-15(19)16(20)10-13/h2-6,9-10,21H,7-8H2,1H3. The zero-order valence-corrected chi connectivity index (χ0v) is 14.1. The number of benzene rings is 2. The van der Waals surface area contributed by atoms with Crippen molar-refractivity contribution in [1.29, 1.82) is 0 Å². The van der Waals surface area contributed by atoms with E-state index in [9.17, 15) is 0 Å². The number of anilines is 1. The van der Waals surface area contributed by atoms with Crippen LogP contribution in [0.25, 0.3) is 16.9 Å². The van der Waals surface area contributed by atoms with E-state index in [-0.39, 0.29) is 0 Å². The van der Waals surface area contributed by atoms with Crippen LogP contribution in [0.5, 0.6) is 0 Å². The predicted octanol–water partition coefficient (Wildman–Crippen LogP) is 5.12. The summed E-state index contributed by atoms with van der Waals surface area (Å²) < 4.78 is 1.92. The lowest BCUT2D eigenvalue weighted by Gasteiger charge is -2.07. The summed E-state index contributed by atoms with van der Waals surface area (Å²) in [4.78, 5) is 0. The Balaban J connectivity index is 1.89. The van der Waals surface area contributed by atoms with Gasteiger partial charge in [-0.15, -0.1) is 0 Å². The Morgan fingerprint density at radius 2 is 1.96 bits per heavy atom. The Hall–Kier alpha value is -1.97. The second kappa shape index (κ2) is 5.59. The molecule has 1 aliphatic rings. The van der Waals surface area contributed by atoms with E-state index in [1.165, 1.54) is 11.1 Å². The number of hydrogen-bond acceptors (Lipinski definition) is 2. The van der Waals surface area contributed by atoms with Crippen molar-refractivity contribution < 1.29 is 0 Å². The van der Waals surface area contributed by atoms with Gasteiger partial charge in [0.15, 0.2) is 0 Å². The minimum absolute atomic E-state index is 0.531. The van der Waals surface area contributed by atoms with E-state index in [1.54, 1.807) is 6.07 Å². The molecule has 0 unspecified atom stereocenters. The molecule has 3 nitrogen and oxygen atoms in total. The van der Waals surface area contributed by atoms with Crippen molar-refractivity contribution in [2.45, 2.75) is 13.3 Å². The van der Waals surface area contributed by atoms with Crippen molar-refractivity contribution in [3.8, 4) is 16.9 Å². The summed E-state index contributed by atoms with van der Waals surface area (Å²) in [7, 11) is 0. The predicted molar refractivity (Wildman–Crippen MR) is 96.0 cm³/mol. The molecule has 0 saturated carbocycles. The molecule has 3 aromatic rings. The Kier molecular flexibility index (Phi) is 3.55. The fourth-order valence-corrected chi connectivity index (χ4v) is 3.29. The van der Waals surface area contributed by atoms with Crippen LogP contribution in [0.1, 0.15) is 11.1 Å². The molecule has 2 heterocycles. The first-order chi connectivity index (χ1) is 11.1. The quantitative estimate of drug-likeness (QED) is 0.699. The SMILES string of the molecule is Cc1cccc(-c2nn(-c3ccc(Cl)c(Cl)c3)c3c2CCN3)c1. The first-order valence-electron chi connectivity index (χ1n) is 7.52. The van der Waals surface area contributed by atoms with Gasteiger partial charge in [-0.05, 0) is 37.6 Å². The number of nitrogens with one attached hydrogen (secondary N) is 1. The van der Waals surface area contributed by atoms with E-state index in [0.717, 1.165) is 35.7 Å². The third kappa shape index (κ3) is 2.50. The van der Waals surface area contributed by atoms with Crippen molar-refractivity contribution >= 4 is 29.0 Å². The molecular formula is C18H15Cl2N3. The molecule has 2 aromatic carbocycles. The van der Waals surface area contributed by atoms with E-state index in [0.29, 0.717) is 10.0 Å². The van der Waals surface area contributed by atoms with Crippen LogP contribution in [0.2, 0.25) is 10.0 Å². The zero-order chi connectivity index (χ0) is 16.0. The maximum atomic E-state index is 6.17. The van der Waals surface area contributed by atoms with Gasteiger partial charge in [0, 0.05) is 17.7 Å². The number of aromatic nitrogens is 2. The molecule has 0 bridgehead atoms. The van der Waals surface area contributed by atoms with Gasteiger partial charge in [-0.3, -0.25) is 0 Å². The summed E-state index contributed by atoms with van der Waals surface area (Å²) in [6, 6.07) is 14.0. The smallest absolute Gasteiger partial charge is 0.133 e. The van der Waals surface area contributed by atoms with Crippen LogP contribution in [0, 0.1) is 6.92 Å². The van der Waals surface area contributed by atoms with Crippen molar-refractivity contribution in [1.82, 2.24) is 9.78 Å². The lowest BCUT2D eigenvalue weighted by molar-refractivity contribution is 0.882. The normalized spacial score (nSPS) is 13.0. The number of hydrogen-bond donors (Lipinski definition) is 1. The van der Waals surface area contributed by atoms with Crippen LogP contribution >= 0.6 is 23.2 Å². The van der Waals surface area contributed by atoms with Crippen LogP contribution in [0.4, 0.5) is 5.82 Å². The van der Waals surface area contributed by atoms with E-state index < -0.39 is 0 Å². The molecule has 1 N–H and O–H groups in total. The summed E-state index contributed by atoms with van der Waals surface area (Å²) in [5, 5.41) is 9.35. The van der Waals surface area contributed by atoms with Gasteiger partial charge in [-0.1, -0.05) is 47.0 Å². The molecule has 0 saturated heterocycles. The lowest BCUT2D eigenvalue weighted by atomic mass is 10.0. The first kappa shape index (κ1) is 14.6. The molecule has 0 fully saturated rings. The minimum Gasteiger partial charge on any atom is -0.369 e. The van der Waals surface area contributed by atoms with Crippen molar-refractivity contribution in [3.05, 3.63) is 63.6 Å².